The molecule has 1 heteroatoms. The van der Waals surface area contributed by atoms with E-state index < -0.39 is 0 Å². The maximum absolute atomic E-state index is 5.50. The molecule has 3 rings (SSSR count). The third kappa shape index (κ3) is 5.68. The molecule has 0 radical (unpaired) electrons. The van der Waals surface area contributed by atoms with E-state index in [1.807, 2.05) is 0 Å². The zero-order valence-corrected chi connectivity index (χ0v) is 16.4. The lowest BCUT2D eigenvalue weighted by Gasteiger charge is -2.28. The molecule has 0 spiro atoms. The average Bonchev–Trinajstić information content (AvgIpc) is 2.73. The number of allylic oxidation sites excluding steroid dienone is 1. The fraction of sp³-hybridized carbons (Fsp3) is 0.385. The van der Waals surface area contributed by atoms with Crippen LogP contribution in [0.1, 0.15) is 55.6 Å². The third-order valence-corrected chi connectivity index (χ3v) is 5.80. The molecule has 0 atom stereocenters. The first-order valence-electron chi connectivity index (χ1n) is 10.3. The van der Waals surface area contributed by atoms with Crippen molar-refractivity contribution in [1.29, 1.82) is 0 Å². The number of benzene rings is 2. The molecule has 2 aromatic rings. The molecule has 142 valence electrons. The summed E-state index contributed by atoms with van der Waals surface area (Å²) in [5.74, 6) is 1.65. The number of ether oxygens (including phenoxy) is 1. The van der Waals surface area contributed by atoms with Crippen molar-refractivity contribution in [2.75, 3.05) is 6.61 Å². The number of hydrogen-bond donors (Lipinski definition) is 0. The van der Waals surface area contributed by atoms with E-state index in [2.05, 4.69) is 67.8 Å². The summed E-state index contributed by atoms with van der Waals surface area (Å²) in [6.45, 7) is 8.76. The molecule has 0 amide bonds. The van der Waals surface area contributed by atoms with Crippen molar-refractivity contribution < 1.29 is 4.74 Å². The second-order valence-electron chi connectivity index (χ2n) is 7.71. The van der Waals surface area contributed by atoms with E-state index in [1.54, 1.807) is 6.08 Å². The summed E-state index contributed by atoms with van der Waals surface area (Å²) in [6.07, 6.45) is 11.7. The van der Waals surface area contributed by atoms with Gasteiger partial charge in [0.25, 0.3) is 0 Å². The van der Waals surface area contributed by atoms with Crippen LogP contribution in [0, 0.1) is 5.92 Å². The summed E-state index contributed by atoms with van der Waals surface area (Å²) < 4.78 is 5.50. The van der Waals surface area contributed by atoms with Crippen LogP contribution in [0.25, 0.3) is 11.1 Å². The molecule has 2 aromatic carbocycles. The SMILES string of the molecule is C=CCC[C@H]1CC[C@H](c2ccc(-c3ccc(COCC=C)cc3)cc2)CC1. The van der Waals surface area contributed by atoms with Gasteiger partial charge in [0.2, 0.25) is 0 Å². The fourth-order valence-corrected chi connectivity index (χ4v) is 4.14. The van der Waals surface area contributed by atoms with Gasteiger partial charge in [0.15, 0.2) is 0 Å². The van der Waals surface area contributed by atoms with Gasteiger partial charge in [0.05, 0.1) is 13.2 Å². The lowest BCUT2D eigenvalue weighted by Crippen LogP contribution is -2.13. The van der Waals surface area contributed by atoms with Gasteiger partial charge in [0, 0.05) is 0 Å². The fourth-order valence-electron chi connectivity index (χ4n) is 4.14. The summed E-state index contributed by atoms with van der Waals surface area (Å²) in [7, 11) is 0. The molecule has 1 fully saturated rings. The minimum Gasteiger partial charge on any atom is -0.373 e. The van der Waals surface area contributed by atoms with Crippen LogP contribution < -0.4 is 0 Å². The Labute approximate surface area is 164 Å². The average molecular weight is 361 g/mol. The van der Waals surface area contributed by atoms with Crippen LogP contribution in [-0.4, -0.2) is 6.61 Å². The first-order valence-corrected chi connectivity index (χ1v) is 10.3. The lowest BCUT2D eigenvalue weighted by molar-refractivity contribution is 0.149. The molecule has 0 saturated heterocycles. The lowest BCUT2D eigenvalue weighted by atomic mass is 9.77. The standard InChI is InChI=1S/C26H32O/c1-3-5-6-21-7-11-23(12-8-21)25-15-17-26(18-16-25)24-13-9-22(10-14-24)20-27-19-4-2/h3-4,9-10,13-18,21,23H,1-2,5-8,11-12,19-20H2/t21-,23-. The largest absolute Gasteiger partial charge is 0.373 e. The van der Waals surface area contributed by atoms with E-state index >= 15 is 0 Å². The summed E-state index contributed by atoms with van der Waals surface area (Å²) >= 11 is 0. The van der Waals surface area contributed by atoms with Gasteiger partial charge in [0.1, 0.15) is 0 Å². The molecule has 1 saturated carbocycles. The molecule has 0 unspecified atom stereocenters. The van der Waals surface area contributed by atoms with E-state index in [0.717, 1.165) is 11.8 Å². The molecule has 1 nitrogen and oxygen atoms in total. The van der Waals surface area contributed by atoms with Crippen molar-refractivity contribution in [1.82, 2.24) is 0 Å². The zero-order chi connectivity index (χ0) is 18.9. The Bertz CT molecular complexity index is 703. The Balaban J connectivity index is 1.56. The molecule has 1 aliphatic carbocycles. The van der Waals surface area contributed by atoms with Gasteiger partial charge < -0.3 is 4.74 Å². The summed E-state index contributed by atoms with van der Waals surface area (Å²) in [6, 6.07) is 17.9. The van der Waals surface area contributed by atoms with E-state index in [9.17, 15) is 0 Å². The van der Waals surface area contributed by atoms with Crippen LogP contribution in [0.5, 0.6) is 0 Å². The summed E-state index contributed by atoms with van der Waals surface area (Å²) in [4.78, 5) is 0. The third-order valence-electron chi connectivity index (χ3n) is 5.80. The van der Waals surface area contributed by atoms with E-state index in [4.69, 9.17) is 4.74 Å². The van der Waals surface area contributed by atoms with Crippen LogP contribution in [0.3, 0.4) is 0 Å². The molecular weight excluding hydrogens is 328 g/mol. The highest BCUT2D eigenvalue weighted by Crippen LogP contribution is 2.38. The molecule has 0 heterocycles. The van der Waals surface area contributed by atoms with Gasteiger partial charge in [-0.15, -0.1) is 13.2 Å². The normalized spacial score (nSPS) is 19.6. The van der Waals surface area contributed by atoms with Gasteiger partial charge in [-0.2, -0.15) is 0 Å². The van der Waals surface area contributed by atoms with Gasteiger partial charge in [-0.3, -0.25) is 0 Å². The second-order valence-corrected chi connectivity index (χ2v) is 7.71. The quantitative estimate of drug-likeness (QED) is 0.337. The molecule has 0 aliphatic heterocycles. The van der Waals surface area contributed by atoms with E-state index in [0.29, 0.717) is 13.2 Å². The zero-order valence-electron chi connectivity index (χ0n) is 16.4. The topological polar surface area (TPSA) is 9.23 Å². The van der Waals surface area contributed by atoms with Crippen LogP contribution in [0.2, 0.25) is 0 Å². The van der Waals surface area contributed by atoms with Gasteiger partial charge >= 0.3 is 0 Å². The van der Waals surface area contributed by atoms with Crippen LogP contribution in [0.4, 0.5) is 0 Å². The van der Waals surface area contributed by atoms with Crippen LogP contribution >= 0.6 is 0 Å². The maximum Gasteiger partial charge on any atom is 0.0721 e. The first-order chi connectivity index (χ1) is 13.3. The van der Waals surface area contributed by atoms with Crippen molar-refractivity contribution in [2.24, 2.45) is 5.92 Å². The van der Waals surface area contributed by atoms with Crippen molar-refractivity contribution in [3.63, 3.8) is 0 Å². The maximum atomic E-state index is 5.50. The minimum absolute atomic E-state index is 0.597. The Kier molecular flexibility index (Phi) is 7.47. The first kappa shape index (κ1) is 19.6. The van der Waals surface area contributed by atoms with E-state index in [-0.39, 0.29) is 0 Å². The number of hydrogen-bond acceptors (Lipinski definition) is 1. The summed E-state index contributed by atoms with van der Waals surface area (Å²) in [5.41, 5.74) is 5.26. The smallest absolute Gasteiger partial charge is 0.0721 e. The second kappa shape index (κ2) is 10.3. The molecule has 1 aliphatic rings. The molecule has 0 bridgehead atoms. The Morgan fingerprint density at radius 2 is 1.44 bits per heavy atom. The highest BCUT2D eigenvalue weighted by Gasteiger charge is 2.21. The predicted molar refractivity (Wildman–Crippen MR) is 116 cm³/mol. The van der Waals surface area contributed by atoms with E-state index in [1.165, 1.54) is 60.8 Å². The van der Waals surface area contributed by atoms with Crippen molar-refractivity contribution in [2.45, 2.75) is 51.0 Å². The molecule has 0 aromatic heterocycles. The van der Waals surface area contributed by atoms with Crippen LogP contribution in [0.15, 0.2) is 73.8 Å². The monoisotopic (exact) mass is 360 g/mol. The summed E-state index contributed by atoms with van der Waals surface area (Å²) in [5, 5.41) is 0. The van der Waals surface area contributed by atoms with Gasteiger partial charge in [-0.25, -0.2) is 0 Å². The van der Waals surface area contributed by atoms with Gasteiger partial charge in [-0.05, 0) is 72.6 Å². The number of rotatable bonds is 9. The minimum atomic E-state index is 0.597. The molecule has 0 N–H and O–H groups in total. The Morgan fingerprint density at radius 1 is 0.815 bits per heavy atom. The van der Waals surface area contributed by atoms with Crippen molar-refractivity contribution >= 4 is 0 Å². The van der Waals surface area contributed by atoms with Crippen molar-refractivity contribution in [3.05, 3.63) is 85.0 Å². The Morgan fingerprint density at radius 3 is 2.04 bits per heavy atom. The highest BCUT2D eigenvalue weighted by atomic mass is 16.5. The highest BCUT2D eigenvalue weighted by molar-refractivity contribution is 5.64. The molecular formula is C26H32O. The predicted octanol–water partition coefficient (Wildman–Crippen LogP) is 7.30. The Hall–Kier alpha value is -2.12. The van der Waals surface area contributed by atoms with Gasteiger partial charge in [-0.1, -0.05) is 60.7 Å². The van der Waals surface area contributed by atoms with Crippen molar-refractivity contribution in [3.8, 4) is 11.1 Å². The van der Waals surface area contributed by atoms with Crippen LogP contribution in [-0.2, 0) is 11.3 Å². The molecule has 27 heavy (non-hydrogen) atoms.